The summed E-state index contributed by atoms with van der Waals surface area (Å²) in [4.78, 5) is 11.4. The van der Waals surface area contributed by atoms with Crippen molar-refractivity contribution in [1.82, 2.24) is 19.8 Å². The highest BCUT2D eigenvalue weighted by Gasteiger charge is 2.14. The molecule has 0 aliphatic rings. The summed E-state index contributed by atoms with van der Waals surface area (Å²) in [6, 6.07) is 1.65. The second-order valence-corrected chi connectivity index (χ2v) is 3.41. The maximum absolute atomic E-state index is 11.4. The van der Waals surface area contributed by atoms with E-state index in [-0.39, 0.29) is 5.69 Å². The van der Waals surface area contributed by atoms with Crippen LogP contribution in [0.2, 0.25) is 0 Å². The molecule has 84 valence electrons. The van der Waals surface area contributed by atoms with Gasteiger partial charge in [0.2, 0.25) is 0 Å². The molecule has 0 saturated carbocycles. The first-order chi connectivity index (χ1) is 7.67. The monoisotopic (exact) mass is 220 g/mol. The lowest BCUT2D eigenvalue weighted by atomic mass is 10.3. The zero-order valence-electron chi connectivity index (χ0n) is 9.39. The highest BCUT2D eigenvalue weighted by Crippen LogP contribution is 2.10. The van der Waals surface area contributed by atoms with Crippen LogP contribution in [0.15, 0.2) is 6.07 Å². The number of hydrogen-bond donors (Lipinski definition) is 0. The average Bonchev–Trinajstić information content (AvgIpc) is 2.71. The molecule has 2 rings (SSSR count). The van der Waals surface area contributed by atoms with Gasteiger partial charge in [0.15, 0.2) is 17.2 Å². The lowest BCUT2D eigenvalue weighted by molar-refractivity contribution is 0.0592. The lowest BCUT2D eigenvalue weighted by Gasteiger charge is -2.02. The zero-order chi connectivity index (χ0) is 11.7. The number of carbonyl (C=O) groups is 1. The predicted octanol–water partition coefficient (Wildman–Crippen LogP) is 0.782. The SMILES string of the molecule is CCc1nnc2c(C)cc(C(=O)OC)nn12. The summed E-state index contributed by atoms with van der Waals surface area (Å²) in [6.45, 7) is 3.82. The van der Waals surface area contributed by atoms with Crippen molar-refractivity contribution in [2.24, 2.45) is 0 Å². The topological polar surface area (TPSA) is 69.4 Å². The third kappa shape index (κ3) is 1.52. The molecule has 2 aromatic heterocycles. The smallest absolute Gasteiger partial charge is 0.358 e. The van der Waals surface area contributed by atoms with Crippen molar-refractivity contribution in [3.63, 3.8) is 0 Å². The van der Waals surface area contributed by atoms with Crippen LogP contribution in [-0.4, -0.2) is 32.9 Å². The van der Waals surface area contributed by atoms with Crippen molar-refractivity contribution in [2.45, 2.75) is 20.3 Å². The minimum atomic E-state index is -0.458. The van der Waals surface area contributed by atoms with Crippen LogP contribution in [0.5, 0.6) is 0 Å². The van der Waals surface area contributed by atoms with E-state index in [1.165, 1.54) is 7.11 Å². The van der Waals surface area contributed by atoms with Crippen LogP contribution < -0.4 is 0 Å². The molecule has 0 fully saturated rings. The summed E-state index contributed by atoms with van der Waals surface area (Å²) in [6.07, 6.45) is 0.707. The van der Waals surface area contributed by atoms with Crippen LogP contribution in [0.1, 0.15) is 28.8 Å². The van der Waals surface area contributed by atoms with Crippen molar-refractivity contribution in [3.05, 3.63) is 23.1 Å². The molecule has 6 nitrogen and oxygen atoms in total. The van der Waals surface area contributed by atoms with E-state index in [4.69, 9.17) is 0 Å². The van der Waals surface area contributed by atoms with Gasteiger partial charge in [-0.2, -0.15) is 9.61 Å². The van der Waals surface area contributed by atoms with E-state index in [0.717, 1.165) is 11.4 Å². The highest BCUT2D eigenvalue weighted by atomic mass is 16.5. The van der Waals surface area contributed by atoms with Crippen molar-refractivity contribution in [1.29, 1.82) is 0 Å². The number of fused-ring (bicyclic) bond motifs is 1. The Labute approximate surface area is 92.2 Å². The minimum absolute atomic E-state index is 0.266. The Morgan fingerprint density at radius 3 is 2.88 bits per heavy atom. The molecule has 0 aromatic carbocycles. The Kier molecular flexibility index (Phi) is 2.55. The molecular formula is C10H12N4O2. The number of carbonyl (C=O) groups excluding carboxylic acids is 1. The third-order valence-electron chi connectivity index (χ3n) is 2.33. The first-order valence-corrected chi connectivity index (χ1v) is 4.97. The van der Waals surface area contributed by atoms with Crippen LogP contribution in [0.4, 0.5) is 0 Å². The number of rotatable bonds is 2. The van der Waals surface area contributed by atoms with Crippen molar-refractivity contribution >= 4 is 11.6 Å². The largest absolute Gasteiger partial charge is 0.464 e. The molecule has 0 amide bonds. The summed E-state index contributed by atoms with van der Waals surface area (Å²) >= 11 is 0. The maximum atomic E-state index is 11.4. The molecule has 0 bridgehead atoms. The van der Waals surface area contributed by atoms with Gasteiger partial charge in [0.05, 0.1) is 7.11 Å². The van der Waals surface area contributed by atoms with Crippen molar-refractivity contribution < 1.29 is 9.53 Å². The zero-order valence-corrected chi connectivity index (χ0v) is 9.39. The number of nitrogens with zero attached hydrogens (tertiary/aromatic N) is 4. The molecule has 0 spiro atoms. The number of aromatic nitrogens is 4. The van der Waals surface area contributed by atoms with Gasteiger partial charge in [-0.15, -0.1) is 10.2 Å². The Balaban J connectivity index is 2.68. The number of esters is 1. The van der Waals surface area contributed by atoms with Crippen molar-refractivity contribution in [2.75, 3.05) is 7.11 Å². The van der Waals surface area contributed by atoms with Gasteiger partial charge in [0.25, 0.3) is 0 Å². The number of methoxy groups -OCH3 is 1. The van der Waals surface area contributed by atoms with Crippen LogP contribution in [0.3, 0.4) is 0 Å². The van der Waals surface area contributed by atoms with E-state index in [1.807, 2.05) is 13.8 Å². The fraction of sp³-hybridized carbons (Fsp3) is 0.400. The number of hydrogen-bond acceptors (Lipinski definition) is 5. The molecule has 16 heavy (non-hydrogen) atoms. The number of ether oxygens (including phenoxy) is 1. The Bertz CT molecular complexity index is 547. The quantitative estimate of drug-likeness (QED) is 0.699. The van der Waals surface area contributed by atoms with Gasteiger partial charge in [-0.1, -0.05) is 6.92 Å². The van der Waals surface area contributed by atoms with Crippen LogP contribution in [-0.2, 0) is 11.2 Å². The van der Waals surface area contributed by atoms with E-state index in [1.54, 1.807) is 10.6 Å². The van der Waals surface area contributed by atoms with Gasteiger partial charge < -0.3 is 4.74 Å². The van der Waals surface area contributed by atoms with Gasteiger partial charge in [0.1, 0.15) is 0 Å². The minimum Gasteiger partial charge on any atom is -0.464 e. The van der Waals surface area contributed by atoms with E-state index >= 15 is 0 Å². The summed E-state index contributed by atoms with van der Waals surface area (Å²) in [5, 5.41) is 12.2. The second-order valence-electron chi connectivity index (χ2n) is 3.41. The first kappa shape index (κ1) is 10.5. The molecule has 0 N–H and O–H groups in total. The van der Waals surface area contributed by atoms with Gasteiger partial charge in [-0.3, -0.25) is 0 Å². The maximum Gasteiger partial charge on any atom is 0.358 e. The Morgan fingerprint density at radius 1 is 1.50 bits per heavy atom. The molecule has 2 heterocycles. The van der Waals surface area contributed by atoms with E-state index < -0.39 is 5.97 Å². The lowest BCUT2D eigenvalue weighted by Crippen LogP contribution is -2.10. The van der Waals surface area contributed by atoms with Crippen LogP contribution >= 0.6 is 0 Å². The molecule has 6 heteroatoms. The Hall–Kier alpha value is -1.98. The molecule has 2 aromatic rings. The Morgan fingerprint density at radius 2 is 2.25 bits per heavy atom. The van der Waals surface area contributed by atoms with Gasteiger partial charge in [-0.25, -0.2) is 4.79 Å². The summed E-state index contributed by atoms with van der Waals surface area (Å²) in [7, 11) is 1.33. The molecular weight excluding hydrogens is 208 g/mol. The van der Waals surface area contributed by atoms with Gasteiger partial charge in [-0.05, 0) is 18.6 Å². The van der Waals surface area contributed by atoms with E-state index in [9.17, 15) is 4.79 Å². The second kappa shape index (κ2) is 3.88. The number of aryl methyl sites for hydroxylation is 2. The molecule has 0 unspecified atom stereocenters. The molecule has 0 radical (unpaired) electrons. The standard InChI is InChI=1S/C10H12N4O2/c1-4-8-11-12-9-6(2)5-7(10(15)16-3)13-14(8)9/h5H,4H2,1-3H3. The highest BCUT2D eigenvalue weighted by molar-refractivity contribution is 5.87. The molecule has 0 aliphatic heterocycles. The first-order valence-electron chi connectivity index (χ1n) is 4.97. The summed E-state index contributed by atoms with van der Waals surface area (Å²) in [5.41, 5.74) is 1.79. The molecule has 0 atom stereocenters. The van der Waals surface area contributed by atoms with E-state index in [2.05, 4.69) is 20.0 Å². The molecule has 0 aliphatic carbocycles. The van der Waals surface area contributed by atoms with Gasteiger partial charge in [0, 0.05) is 6.42 Å². The fourth-order valence-electron chi connectivity index (χ4n) is 1.49. The average molecular weight is 220 g/mol. The third-order valence-corrected chi connectivity index (χ3v) is 2.33. The normalized spacial score (nSPS) is 10.7. The predicted molar refractivity (Wildman–Crippen MR) is 56.2 cm³/mol. The molecule has 0 saturated heterocycles. The summed E-state index contributed by atoms with van der Waals surface area (Å²) in [5.74, 6) is 0.268. The van der Waals surface area contributed by atoms with E-state index in [0.29, 0.717) is 12.1 Å². The van der Waals surface area contributed by atoms with Gasteiger partial charge >= 0.3 is 5.97 Å². The van der Waals surface area contributed by atoms with Crippen molar-refractivity contribution in [3.8, 4) is 0 Å². The summed E-state index contributed by atoms with van der Waals surface area (Å²) < 4.78 is 6.22. The van der Waals surface area contributed by atoms with Crippen LogP contribution in [0.25, 0.3) is 5.65 Å². The fourth-order valence-corrected chi connectivity index (χ4v) is 1.49. The van der Waals surface area contributed by atoms with Crippen LogP contribution in [0, 0.1) is 6.92 Å².